The number of aliphatic hydroxyl groups is 1. The maximum Gasteiger partial charge on any atom is 0.164 e. The molecular formula is C28H34N6O2. The number of benzene rings is 1. The number of H-pyrrole nitrogens is 1. The van der Waals surface area contributed by atoms with Gasteiger partial charge in [-0.25, -0.2) is 15.0 Å². The van der Waals surface area contributed by atoms with Crippen molar-refractivity contribution in [2.75, 3.05) is 44.3 Å². The second-order valence-corrected chi connectivity index (χ2v) is 10.6. The Morgan fingerprint density at radius 1 is 1.00 bits per heavy atom. The zero-order valence-corrected chi connectivity index (χ0v) is 21.1. The lowest BCUT2D eigenvalue weighted by atomic mass is 9.83. The zero-order chi connectivity index (χ0) is 24.7. The summed E-state index contributed by atoms with van der Waals surface area (Å²) < 4.78 is 5.62. The molecule has 0 radical (unpaired) electrons. The molecule has 0 saturated carbocycles. The van der Waals surface area contributed by atoms with Gasteiger partial charge in [0.2, 0.25) is 0 Å². The van der Waals surface area contributed by atoms with Gasteiger partial charge in [0.1, 0.15) is 5.52 Å². The SMILES string of the molecule is CC(C)(O)C1CCN(Cc2ccc3nc(-c4c[nH]c5ccccc45)nc(N4CCOCC4)c3n2)CC1. The molecule has 2 saturated heterocycles. The van der Waals surface area contributed by atoms with Crippen molar-refractivity contribution in [2.24, 2.45) is 5.92 Å². The van der Waals surface area contributed by atoms with E-state index in [-0.39, 0.29) is 0 Å². The quantitative estimate of drug-likeness (QED) is 0.441. The first-order valence-corrected chi connectivity index (χ1v) is 13.0. The van der Waals surface area contributed by atoms with E-state index >= 15 is 0 Å². The fourth-order valence-corrected chi connectivity index (χ4v) is 5.53. The maximum atomic E-state index is 10.4. The number of pyridine rings is 1. The number of nitrogens with one attached hydrogen (secondary N) is 1. The lowest BCUT2D eigenvalue weighted by molar-refractivity contribution is -0.0137. The Kier molecular flexibility index (Phi) is 6.11. The molecule has 8 nitrogen and oxygen atoms in total. The van der Waals surface area contributed by atoms with Crippen molar-refractivity contribution in [3.05, 3.63) is 48.3 Å². The van der Waals surface area contributed by atoms with Gasteiger partial charge in [-0.1, -0.05) is 18.2 Å². The van der Waals surface area contributed by atoms with E-state index in [9.17, 15) is 5.11 Å². The number of ether oxygens (including phenoxy) is 1. The Morgan fingerprint density at radius 3 is 2.56 bits per heavy atom. The summed E-state index contributed by atoms with van der Waals surface area (Å²) in [4.78, 5) is 23.2. The van der Waals surface area contributed by atoms with Gasteiger partial charge in [0.15, 0.2) is 11.6 Å². The monoisotopic (exact) mass is 486 g/mol. The Balaban J connectivity index is 1.34. The summed E-state index contributed by atoms with van der Waals surface area (Å²) in [6, 6.07) is 12.4. The van der Waals surface area contributed by atoms with Crippen LogP contribution < -0.4 is 4.90 Å². The number of aromatic nitrogens is 4. The Labute approximate surface area is 211 Å². The Morgan fingerprint density at radius 2 is 1.78 bits per heavy atom. The molecule has 0 bridgehead atoms. The van der Waals surface area contributed by atoms with Gasteiger partial charge in [-0.2, -0.15) is 0 Å². The van der Waals surface area contributed by atoms with Crippen LogP contribution in [0.5, 0.6) is 0 Å². The first-order chi connectivity index (χ1) is 17.5. The topological polar surface area (TPSA) is 90.4 Å². The van der Waals surface area contributed by atoms with Crippen LogP contribution in [0.4, 0.5) is 5.82 Å². The highest BCUT2D eigenvalue weighted by molar-refractivity contribution is 5.96. The highest BCUT2D eigenvalue weighted by Crippen LogP contribution is 2.32. The summed E-state index contributed by atoms with van der Waals surface area (Å²) in [6.45, 7) is 9.54. The van der Waals surface area contributed by atoms with Gasteiger partial charge in [-0.15, -0.1) is 0 Å². The molecule has 4 aromatic rings. The molecule has 0 unspecified atom stereocenters. The molecule has 2 fully saturated rings. The predicted octanol–water partition coefficient (Wildman–Crippen LogP) is 3.99. The molecule has 5 heterocycles. The number of nitrogens with zero attached hydrogens (tertiary/aromatic N) is 5. The minimum Gasteiger partial charge on any atom is -0.390 e. The third-order valence-electron chi connectivity index (χ3n) is 7.69. The van der Waals surface area contributed by atoms with Crippen molar-refractivity contribution >= 4 is 27.8 Å². The smallest absolute Gasteiger partial charge is 0.164 e. The molecule has 2 N–H and O–H groups in total. The summed E-state index contributed by atoms with van der Waals surface area (Å²) in [6.07, 6.45) is 4.01. The second kappa shape index (κ2) is 9.42. The number of piperidine rings is 1. The van der Waals surface area contributed by atoms with Gasteiger partial charge in [0.05, 0.1) is 30.0 Å². The van der Waals surface area contributed by atoms with Gasteiger partial charge in [-0.05, 0) is 63.9 Å². The van der Waals surface area contributed by atoms with E-state index in [2.05, 4.69) is 39.0 Å². The fraction of sp³-hybridized carbons (Fsp3) is 0.464. The molecule has 2 aliphatic rings. The number of aromatic amines is 1. The minimum absolute atomic E-state index is 0.350. The van der Waals surface area contributed by atoms with Crippen LogP contribution in [0.15, 0.2) is 42.6 Å². The fourth-order valence-electron chi connectivity index (χ4n) is 5.53. The van der Waals surface area contributed by atoms with Crippen LogP contribution in [0, 0.1) is 5.92 Å². The largest absolute Gasteiger partial charge is 0.390 e. The number of hydrogen-bond donors (Lipinski definition) is 2. The van der Waals surface area contributed by atoms with E-state index in [0.717, 1.165) is 84.6 Å². The van der Waals surface area contributed by atoms with Crippen molar-refractivity contribution in [3.8, 4) is 11.4 Å². The number of likely N-dealkylation sites (tertiary alicyclic amines) is 1. The average Bonchev–Trinajstić information content (AvgIpc) is 3.33. The predicted molar refractivity (Wildman–Crippen MR) is 142 cm³/mol. The van der Waals surface area contributed by atoms with Crippen molar-refractivity contribution in [3.63, 3.8) is 0 Å². The van der Waals surface area contributed by atoms with Crippen molar-refractivity contribution in [1.29, 1.82) is 0 Å². The van der Waals surface area contributed by atoms with Crippen molar-refractivity contribution in [1.82, 2.24) is 24.8 Å². The first-order valence-electron chi connectivity index (χ1n) is 13.0. The minimum atomic E-state index is -0.611. The van der Waals surface area contributed by atoms with Gasteiger partial charge in [0.25, 0.3) is 0 Å². The molecule has 8 heteroatoms. The Bertz CT molecular complexity index is 1360. The summed E-state index contributed by atoms with van der Waals surface area (Å²) in [7, 11) is 0. The van der Waals surface area contributed by atoms with Crippen LogP contribution in [0.1, 0.15) is 32.4 Å². The molecular weight excluding hydrogens is 452 g/mol. The highest BCUT2D eigenvalue weighted by Gasteiger charge is 2.30. The summed E-state index contributed by atoms with van der Waals surface area (Å²) in [5.74, 6) is 1.94. The van der Waals surface area contributed by atoms with E-state index in [1.807, 2.05) is 32.2 Å². The Hall–Kier alpha value is -3.07. The lowest BCUT2D eigenvalue weighted by Crippen LogP contribution is -2.41. The van der Waals surface area contributed by atoms with Gasteiger partial charge < -0.3 is 19.7 Å². The van der Waals surface area contributed by atoms with Crippen molar-refractivity contribution in [2.45, 2.75) is 38.8 Å². The van der Waals surface area contributed by atoms with E-state index in [1.165, 1.54) is 0 Å². The molecule has 3 aromatic heterocycles. The zero-order valence-electron chi connectivity index (χ0n) is 21.1. The van der Waals surface area contributed by atoms with Crippen LogP contribution in [-0.4, -0.2) is 74.9 Å². The van der Waals surface area contributed by atoms with Crippen molar-refractivity contribution < 1.29 is 9.84 Å². The van der Waals surface area contributed by atoms with Gasteiger partial charge >= 0.3 is 0 Å². The number of morpholine rings is 1. The molecule has 0 amide bonds. The van der Waals surface area contributed by atoms with Gasteiger partial charge in [-0.3, -0.25) is 4.90 Å². The molecule has 0 spiro atoms. The molecule has 0 atom stereocenters. The van der Waals surface area contributed by atoms with Crippen LogP contribution >= 0.6 is 0 Å². The molecule has 36 heavy (non-hydrogen) atoms. The van der Waals surface area contributed by atoms with Crippen LogP contribution in [0.2, 0.25) is 0 Å². The van der Waals surface area contributed by atoms with E-state index in [1.54, 1.807) is 0 Å². The number of fused-ring (bicyclic) bond motifs is 2. The molecule has 1 aromatic carbocycles. The van der Waals surface area contributed by atoms with Gasteiger partial charge in [0, 0.05) is 42.3 Å². The van der Waals surface area contributed by atoms with Crippen LogP contribution in [-0.2, 0) is 11.3 Å². The normalized spacial score (nSPS) is 18.4. The molecule has 0 aliphatic carbocycles. The third kappa shape index (κ3) is 4.56. The summed E-state index contributed by atoms with van der Waals surface area (Å²) >= 11 is 0. The maximum absolute atomic E-state index is 10.4. The number of para-hydroxylation sites is 1. The number of rotatable bonds is 5. The number of hydrogen-bond acceptors (Lipinski definition) is 7. The summed E-state index contributed by atoms with van der Waals surface area (Å²) in [5, 5.41) is 11.5. The van der Waals surface area contributed by atoms with E-state index in [4.69, 9.17) is 19.7 Å². The molecule has 188 valence electrons. The first kappa shape index (κ1) is 23.3. The van der Waals surface area contributed by atoms with Crippen LogP contribution in [0.25, 0.3) is 33.3 Å². The standard InChI is InChI=1S/C28H34N6O2/c1-28(2,35)19-9-11-33(12-10-19)18-20-7-8-24-25(30-20)27(34-13-15-36-16-14-34)32-26(31-24)22-17-29-23-6-4-3-5-21(22)23/h3-8,17,19,29,35H,9-16,18H2,1-2H3. The van der Waals surface area contributed by atoms with E-state index in [0.29, 0.717) is 25.0 Å². The lowest BCUT2D eigenvalue weighted by Gasteiger charge is -2.37. The third-order valence-corrected chi connectivity index (χ3v) is 7.69. The summed E-state index contributed by atoms with van der Waals surface area (Å²) in [5.41, 5.74) is 4.20. The highest BCUT2D eigenvalue weighted by atomic mass is 16.5. The molecule has 6 rings (SSSR count). The second-order valence-electron chi connectivity index (χ2n) is 10.6. The number of anilines is 1. The van der Waals surface area contributed by atoms with Crippen LogP contribution in [0.3, 0.4) is 0 Å². The van der Waals surface area contributed by atoms with E-state index < -0.39 is 5.60 Å². The molecule has 2 aliphatic heterocycles. The average molecular weight is 487 g/mol.